The van der Waals surface area contributed by atoms with Crippen LogP contribution in [0, 0.1) is 5.92 Å². The van der Waals surface area contributed by atoms with E-state index < -0.39 is 12.1 Å². The summed E-state index contributed by atoms with van der Waals surface area (Å²) in [7, 11) is 2.84. The van der Waals surface area contributed by atoms with E-state index >= 15 is 0 Å². The summed E-state index contributed by atoms with van der Waals surface area (Å²) in [6, 6.07) is 5.44. The second-order valence-electron chi connectivity index (χ2n) is 6.72. The van der Waals surface area contributed by atoms with E-state index in [9.17, 15) is 9.90 Å². The van der Waals surface area contributed by atoms with E-state index in [-0.39, 0.29) is 6.61 Å². The third kappa shape index (κ3) is 5.61. The number of benzene rings is 1. The summed E-state index contributed by atoms with van der Waals surface area (Å²) >= 11 is 0. The van der Waals surface area contributed by atoms with E-state index in [4.69, 9.17) is 14.2 Å². The Morgan fingerprint density at radius 3 is 2.72 bits per heavy atom. The zero-order valence-corrected chi connectivity index (χ0v) is 15.4. The standard InChI is InChI=1S/C19H29NO5/c1-13-6-4-5-7-16(13)20-11-15(21)12-25-17-9-8-14(19(22)24-3)10-18(17)23-2/h8-10,13,15-16,20-21H,4-7,11-12H2,1-3H3/p+1/t13-,15+,16-/m1/s1. The first-order chi connectivity index (χ1) is 12.0. The van der Waals surface area contributed by atoms with Gasteiger partial charge < -0.3 is 24.6 Å². The second kappa shape index (κ2) is 9.63. The predicted molar refractivity (Wildman–Crippen MR) is 94.0 cm³/mol. The molecule has 0 saturated heterocycles. The van der Waals surface area contributed by atoms with Gasteiger partial charge in [0.15, 0.2) is 11.5 Å². The van der Waals surface area contributed by atoms with Crippen LogP contribution < -0.4 is 14.8 Å². The van der Waals surface area contributed by atoms with E-state index in [1.54, 1.807) is 18.2 Å². The van der Waals surface area contributed by atoms with Gasteiger partial charge in [-0.05, 0) is 37.5 Å². The zero-order valence-electron chi connectivity index (χ0n) is 15.4. The molecule has 0 bridgehead atoms. The van der Waals surface area contributed by atoms with Gasteiger partial charge in [-0.2, -0.15) is 0 Å². The predicted octanol–water partition coefficient (Wildman–Crippen LogP) is 1.36. The van der Waals surface area contributed by atoms with E-state index in [2.05, 4.69) is 12.2 Å². The highest BCUT2D eigenvalue weighted by atomic mass is 16.5. The van der Waals surface area contributed by atoms with Crippen molar-refractivity contribution in [1.82, 2.24) is 0 Å². The van der Waals surface area contributed by atoms with Gasteiger partial charge in [0.25, 0.3) is 0 Å². The highest BCUT2D eigenvalue weighted by Crippen LogP contribution is 2.28. The van der Waals surface area contributed by atoms with Gasteiger partial charge >= 0.3 is 5.97 Å². The molecule has 0 unspecified atom stereocenters. The van der Waals surface area contributed by atoms with E-state index in [1.807, 2.05) is 0 Å². The third-order valence-corrected chi connectivity index (χ3v) is 4.90. The molecule has 0 radical (unpaired) electrons. The minimum absolute atomic E-state index is 0.186. The van der Waals surface area contributed by atoms with Crippen LogP contribution in [0.4, 0.5) is 0 Å². The highest BCUT2D eigenvalue weighted by Gasteiger charge is 2.25. The van der Waals surface area contributed by atoms with Crippen molar-refractivity contribution in [3.8, 4) is 11.5 Å². The second-order valence-corrected chi connectivity index (χ2v) is 6.72. The van der Waals surface area contributed by atoms with E-state index in [0.29, 0.717) is 35.6 Å². The molecular formula is C19H30NO5+. The fourth-order valence-corrected chi connectivity index (χ4v) is 3.31. The van der Waals surface area contributed by atoms with Gasteiger partial charge in [-0.3, -0.25) is 0 Å². The number of esters is 1. The number of quaternary nitrogens is 1. The quantitative estimate of drug-likeness (QED) is 0.691. The zero-order chi connectivity index (χ0) is 18.2. The van der Waals surface area contributed by atoms with Gasteiger partial charge in [0.1, 0.15) is 19.3 Å². The van der Waals surface area contributed by atoms with Crippen LogP contribution in [0.1, 0.15) is 43.0 Å². The Kier molecular flexibility index (Phi) is 7.52. The first-order valence-electron chi connectivity index (χ1n) is 8.95. The lowest BCUT2D eigenvalue weighted by Crippen LogP contribution is -2.93. The topological polar surface area (TPSA) is 81.6 Å². The summed E-state index contributed by atoms with van der Waals surface area (Å²) in [5.41, 5.74) is 0.395. The number of rotatable bonds is 8. The first-order valence-corrected chi connectivity index (χ1v) is 8.95. The van der Waals surface area contributed by atoms with Crippen molar-refractivity contribution < 1.29 is 29.4 Å². The Bertz CT molecular complexity index is 563. The monoisotopic (exact) mass is 352 g/mol. The molecule has 25 heavy (non-hydrogen) atoms. The third-order valence-electron chi connectivity index (χ3n) is 4.90. The Balaban J connectivity index is 1.84. The molecule has 0 aromatic heterocycles. The van der Waals surface area contributed by atoms with Gasteiger partial charge in [0, 0.05) is 5.92 Å². The van der Waals surface area contributed by atoms with Crippen LogP contribution in [0.2, 0.25) is 0 Å². The molecule has 0 spiro atoms. The molecular weight excluding hydrogens is 322 g/mol. The van der Waals surface area contributed by atoms with Gasteiger partial charge in [-0.1, -0.05) is 13.3 Å². The van der Waals surface area contributed by atoms with Crippen LogP contribution in [0.25, 0.3) is 0 Å². The molecule has 0 heterocycles. The number of carbonyl (C=O) groups excluding carboxylic acids is 1. The van der Waals surface area contributed by atoms with Crippen LogP contribution in [0.5, 0.6) is 11.5 Å². The molecule has 3 atom stereocenters. The highest BCUT2D eigenvalue weighted by molar-refractivity contribution is 5.90. The molecule has 1 aromatic carbocycles. The number of aliphatic hydroxyl groups is 1. The molecule has 1 aliphatic carbocycles. The molecule has 1 aliphatic rings. The largest absolute Gasteiger partial charge is 0.493 e. The lowest BCUT2D eigenvalue weighted by molar-refractivity contribution is -0.703. The molecule has 1 aromatic rings. The number of nitrogens with two attached hydrogens (primary N) is 1. The number of carbonyl (C=O) groups is 1. The molecule has 1 saturated carbocycles. The molecule has 6 heteroatoms. The van der Waals surface area contributed by atoms with Crippen LogP contribution in [-0.2, 0) is 4.74 Å². The van der Waals surface area contributed by atoms with Crippen LogP contribution in [0.15, 0.2) is 18.2 Å². The fourth-order valence-electron chi connectivity index (χ4n) is 3.31. The van der Waals surface area contributed by atoms with Crippen molar-refractivity contribution in [2.45, 2.75) is 44.8 Å². The lowest BCUT2D eigenvalue weighted by atomic mass is 9.86. The summed E-state index contributed by atoms with van der Waals surface area (Å²) in [4.78, 5) is 11.6. The van der Waals surface area contributed by atoms with Gasteiger partial charge in [-0.15, -0.1) is 0 Å². The Hall–Kier alpha value is -1.79. The van der Waals surface area contributed by atoms with E-state index in [0.717, 1.165) is 0 Å². The molecule has 2 rings (SSSR count). The van der Waals surface area contributed by atoms with Crippen LogP contribution >= 0.6 is 0 Å². The van der Waals surface area contributed by atoms with Crippen LogP contribution in [0.3, 0.4) is 0 Å². The fraction of sp³-hybridized carbons (Fsp3) is 0.632. The van der Waals surface area contributed by atoms with Crippen molar-refractivity contribution in [3.63, 3.8) is 0 Å². The summed E-state index contributed by atoms with van der Waals surface area (Å²) in [6.07, 6.45) is 4.54. The van der Waals surface area contributed by atoms with Crippen molar-refractivity contribution >= 4 is 5.97 Å². The Morgan fingerprint density at radius 1 is 1.28 bits per heavy atom. The maximum absolute atomic E-state index is 11.6. The maximum Gasteiger partial charge on any atom is 0.337 e. The summed E-state index contributed by atoms with van der Waals surface area (Å²) in [5, 5.41) is 12.4. The van der Waals surface area contributed by atoms with Crippen molar-refractivity contribution in [2.75, 3.05) is 27.4 Å². The smallest absolute Gasteiger partial charge is 0.337 e. The minimum atomic E-state index is -0.556. The first kappa shape index (κ1) is 19.5. The number of methoxy groups -OCH3 is 2. The number of aliphatic hydroxyl groups excluding tert-OH is 1. The summed E-state index contributed by atoms with van der Waals surface area (Å²) < 4.78 is 15.6. The van der Waals surface area contributed by atoms with Gasteiger partial charge in [0.2, 0.25) is 0 Å². The molecule has 0 amide bonds. The number of hydrogen-bond acceptors (Lipinski definition) is 5. The molecule has 3 N–H and O–H groups in total. The van der Waals surface area contributed by atoms with Crippen molar-refractivity contribution in [2.24, 2.45) is 5.92 Å². The number of ether oxygens (including phenoxy) is 3. The SMILES string of the molecule is COC(=O)c1ccc(OC[C@@H](O)C[NH2+][C@@H]2CCCC[C@H]2C)c(OC)c1. The van der Waals surface area contributed by atoms with Gasteiger partial charge in [-0.25, -0.2) is 4.79 Å². The summed E-state index contributed by atoms with van der Waals surface area (Å²) in [6.45, 7) is 3.10. The van der Waals surface area contributed by atoms with Crippen LogP contribution in [-0.4, -0.2) is 50.6 Å². The Morgan fingerprint density at radius 2 is 2.04 bits per heavy atom. The minimum Gasteiger partial charge on any atom is -0.493 e. The summed E-state index contributed by atoms with van der Waals surface area (Å²) in [5.74, 6) is 1.22. The van der Waals surface area contributed by atoms with Gasteiger partial charge in [0.05, 0.1) is 25.8 Å². The maximum atomic E-state index is 11.6. The van der Waals surface area contributed by atoms with Crippen molar-refractivity contribution in [1.29, 1.82) is 0 Å². The lowest BCUT2D eigenvalue weighted by Gasteiger charge is -2.27. The normalized spacial score (nSPS) is 21.4. The van der Waals surface area contributed by atoms with E-state index in [1.165, 1.54) is 39.9 Å². The van der Waals surface area contributed by atoms with Crippen molar-refractivity contribution in [3.05, 3.63) is 23.8 Å². The molecule has 0 aliphatic heterocycles. The number of hydrogen-bond donors (Lipinski definition) is 2. The molecule has 1 fully saturated rings. The average molecular weight is 352 g/mol. The molecule has 6 nitrogen and oxygen atoms in total. The average Bonchev–Trinajstić information content (AvgIpc) is 2.64. The molecule has 140 valence electrons. The Labute approximate surface area is 149 Å².